The smallest absolute Gasteiger partial charge is 0.343 e. The Bertz CT molecular complexity index is 852. The van der Waals surface area contributed by atoms with Crippen LogP contribution in [0.5, 0.6) is 0 Å². The molecule has 0 fully saturated rings. The fourth-order valence-corrected chi connectivity index (χ4v) is 3.04. The van der Waals surface area contributed by atoms with E-state index in [9.17, 15) is 4.79 Å². The van der Waals surface area contributed by atoms with Crippen LogP contribution in [0.3, 0.4) is 0 Å². The van der Waals surface area contributed by atoms with E-state index in [0.29, 0.717) is 23.0 Å². The molecule has 0 aromatic carbocycles. The molecule has 0 saturated heterocycles. The standard InChI is InChI=1S/C15H14ClN3O3S/c1-8-12(13(16)19(3)18-8)15(20)21-7-10-9(2)22-14(17-10)11-5-4-6-23-11/h4-6H,7H2,1-3H3. The van der Waals surface area contributed by atoms with Gasteiger partial charge in [0.15, 0.2) is 0 Å². The molecule has 6 nitrogen and oxygen atoms in total. The van der Waals surface area contributed by atoms with Gasteiger partial charge in [-0.2, -0.15) is 5.10 Å². The molecule has 0 aliphatic rings. The van der Waals surface area contributed by atoms with Crippen molar-refractivity contribution < 1.29 is 13.9 Å². The van der Waals surface area contributed by atoms with Gasteiger partial charge in [0, 0.05) is 7.05 Å². The molecule has 0 bridgehead atoms. The first kappa shape index (κ1) is 15.8. The second-order valence-electron chi connectivity index (χ2n) is 4.95. The van der Waals surface area contributed by atoms with Crippen LogP contribution < -0.4 is 0 Å². The van der Waals surface area contributed by atoms with Crippen LogP contribution >= 0.6 is 22.9 Å². The molecule has 3 aromatic heterocycles. The zero-order chi connectivity index (χ0) is 16.6. The van der Waals surface area contributed by atoms with E-state index in [1.807, 2.05) is 17.5 Å². The van der Waals surface area contributed by atoms with Crippen molar-refractivity contribution in [3.05, 3.63) is 45.4 Å². The summed E-state index contributed by atoms with van der Waals surface area (Å²) in [5.74, 6) is 0.620. The Hall–Kier alpha value is -2.12. The first-order valence-electron chi connectivity index (χ1n) is 6.83. The molecule has 23 heavy (non-hydrogen) atoms. The third-order valence-corrected chi connectivity index (χ3v) is 4.61. The summed E-state index contributed by atoms with van der Waals surface area (Å²) in [7, 11) is 1.67. The minimum absolute atomic E-state index is 0.0181. The summed E-state index contributed by atoms with van der Waals surface area (Å²) in [4.78, 5) is 17.5. The molecule has 0 saturated carbocycles. The molecule has 8 heteroatoms. The quantitative estimate of drug-likeness (QED) is 0.669. The van der Waals surface area contributed by atoms with Gasteiger partial charge in [0.1, 0.15) is 28.8 Å². The van der Waals surface area contributed by atoms with E-state index in [1.54, 1.807) is 20.9 Å². The predicted molar refractivity (Wildman–Crippen MR) is 86.6 cm³/mol. The highest BCUT2D eigenvalue weighted by atomic mass is 35.5. The molecular weight excluding hydrogens is 338 g/mol. The third kappa shape index (κ3) is 3.02. The minimum atomic E-state index is -0.527. The summed E-state index contributed by atoms with van der Waals surface area (Å²) in [6.45, 7) is 3.51. The molecule has 0 aliphatic heterocycles. The van der Waals surface area contributed by atoms with E-state index in [-0.39, 0.29) is 17.3 Å². The molecule has 0 aliphatic carbocycles. The van der Waals surface area contributed by atoms with Crippen LogP contribution in [0.1, 0.15) is 27.5 Å². The van der Waals surface area contributed by atoms with Crippen LogP contribution in [-0.2, 0) is 18.4 Å². The van der Waals surface area contributed by atoms with E-state index in [0.717, 1.165) is 4.88 Å². The van der Waals surface area contributed by atoms with Crippen molar-refractivity contribution in [1.29, 1.82) is 0 Å². The van der Waals surface area contributed by atoms with Gasteiger partial charge in [-0.3, -0.25) is 4.68 Å². The van der Waals surface area contributed by atoms with Crippen LogP contribution in [0.25, 0.3) is 10.8 Å². The molecule has 120 valence electrons. The Kier molecular flexibility index (Phi) is 4.23. The Morgan fingerprint density at radius 3 is 2.87 bits per heavy atom. The van der Waals surface area contributed by atoms with Crippen LogP contribution in [0, 0.1) is 13.8 Å². The number of esters is 1. The number of aromatic nitrogens is 3. The number of carbonyl (C=O) groups is 1. The average Bonchev–Trinajstić information content (AvgIpc) is 3.19. The lowest BCUT2D eigenvalue weighted by Gasteiger charge is -2.02. The maximum Gasteiger partial charge on any atom is 0.343 e. The van der Waals surface area contributed by atoms with Gasteiger partial charge in [0.25, 0.3) is 0 Å². The number of rotatable bonds is 4. The number of oxazole rings is 1. The topological polar surface area (TPSA) is 70.2 Å². The molecule has 0 unspecified atom stereocenters. The summed E-state index contributed by atoms with van der Waals surface area (Å²) in [5.41, 5.74) is 1.38. The zero-order valence-electron chi connectivity index (χ0n) is 12.8. The maximum absolute atomic E-state index is 12.2. The van der Waals surface area contributed by atoms with Gasteiger partial charge in [-0.1, -0.05) is 17.7 Å². The van der Waals surface area contributed by atoms with Gasteiger partial charge >= 0.3 is 5.97 Å². The Labute approximate surface area is 141 Å². The number of carbonyl (C=O) groups excluding carboxylic acids is 1. The van der Waals surface area contributed by atoms with Gasteiger partial charge in [0.05, 0.1) is 10.6 Å². The van der Waals surface area contributed by atoms with Crippen molar-refractivity contribution in [2.75, 3.05) is 0 Å². The second kappa shape index (κ2) is 6.17. The zero-order valence-corrected chi connectivity index (χ0v) is 14.4. The first-order chi connectivity index (χ1) is 11.0. The minimum Gasteiger partial charge on any atom is -0.455 e. The van der Waals surface area contributed by atoms with Crippen molar-refractivity contribution in [1.82, 2.24) is 14.8 Å². The molecule has 0 amide bonds. The van der Waals surface area contributed by atoms with Gasteiger partial charge in [-0.05, 0) is 25.3 Å². The van der Waals surface area contributed by atoms with Crippen molar-refractivity contribution in [2.24, 2.45) is 7.05 Å². The third-order valence-electron chi connectivity index (χ3n) is 3.32. The van der Waals surface area contributed by atoms with E-state index in [2.05, 4.69) is 10.1 Å². The lowest BCUT2D eigenvalue weighted by molar-refractivity contribution is 0.0466. The molecule has 3 rings (SSSR count). The molecule has 0 radical (unpaired) electrons. The summed E-state index contributed by atoms with van der Waals surface area (Å²) >= 11 is 7.59. The van der Waals surface area contributed by atoms with Gasteiger partial charge in [-0.25, -0.2) is 9.78 Å². The summed E-state index contributed by atoms with van der Waals surface area (Å²) < 4.78 is 12.4. The number of thiophene rings is 1. The Morgan fingerprint density at radius 2 is 2.26 bits per heavy atom. The molecule has 0 atom stereocenters. The van der Waals surface area contributed by atoms with Crippen molar-refractivity contribution in [2.45, 2.75) is 20.5 Å². The monoisotopic (exact) mass is 351 g/mol. The summed E-state index contributed by atoms with van der Waals surface area (Å²) in [6.07, 6.45) is 0. The fraction of sp³-hybridized carbons (Fsp3) is 0.267. The van der Waals surface area contributed by atoms with Crippen LogP contribution in [0.4, 0.5) is 0 Å². The van der Waals surface area contributed by atoms with E-state index >= 15 is 0 Å². The van der Waals surface area contributed by atoms with E-state index in [4.69, 9.17) is 20.8 Å². The number of ether oxygens (including phenoxy) is 1. The highest BCUT2D eigenvalue weighted by molar-refractivity contribution is 7.13. The molecule has 3 aromatic rings. The van der Waals surface area contributed by atoms with Crippen molar-refractivity contribution in [3.8, 4) is 10.8 Å². The highest BCUT2D eigenvalue weighted by Gasteiger charge is 2.21. The number of nitrogens with zero attached hydrogens (tertiary/aromatic N) is 3. The number of halogens is 1. The second-order valence-corrected chi connectivity index (χ2v) is 6.26. The molecule has 0 N–H and O–H groups in total. The molecular formula is C15H14ClN3O3S. The fourth-order valence-electron chi connectivity index (χ4n) is 2.14. The van der Waals surface area contributed by atoms with Gasteiger partial charge in [-0.15, -0.1) is 11.3 Å². The first-order valence-corrected chi connectivity index (χ1v) is 8.09. The summed E-state index contributed by atoms with van der Waals surface area (Å²) in [6, 6.07) is 3.84. The maximum atomic E-state index is 12.2. The lowest BCUT2D eigenvalue weighted by atomic mass is 10.3. The Morgan fingerprint density at radius 1 is 1.48 bits per heavy atom. The van der Waals surface area contributed by atoms with E-state index in [1.165, 1.54) is 16.0 Å². The van der Waals surface area contributed by atoms with Crippen LogP contribution in [-0.4, -0.2) is 20.7 Å². The van der Waals surface area contributed by atoms with Gasteiger partial charge < -0.3 is 9.15 Å². The number of hydrogen-bond donors (Lipinski definition) is 0. The van der Waals surface area contributed by atoms with Crippen molar-refractivity contribution in [3.63, 3.8) is 0 Å². The molecule has 0 spiro atoms. The lowest BCUT2D eigenvalue weighted by Crippen LogP contribution is -2.07. The van der Waals surface area contributed by atoms with Crippen molar-refractivity contribution >= 4 is 28.9 Å². The number of aryl methyl sites for hydroxylation is 3. The van der Waals surface area contributed by atoms with Crippen LogP contribution in [0.2, 0.25) is 5.15 Å². The SMILES string of the molecule is Cc1nn(C)c(Cl)c1C(=O)OCc1nc(-c2cccs2)oc1C. The predicted octanol–water partition coefficient (Wildman–Crippen LogP) is 3.76. The number of hydrogen-bond acceptors (Lipinski definition) is 6. The Balaban J connectivity index is 1.75. The van der Waals surface area contributed by atoms with Gasteiger partial charge in [0.2, 0.25) is 5.89 Å². The highest BCUT2D eigenvalue weighted by Crippen LogP contribution is 2.26. The molecule has 3 heterocycles. The average molecular weight is 352 g/mol. The van der Waals surface area contributed by atoms with Crippen LogP contribution in [0.15, 0.2) is 21.9 Å². The normalized spacial score (nSPS) is 11.0. The summed E-state index contributed by atoms with van der Waals surface area (Å²) in [5, 5.41) is 6.29. The van der Waals surface area contributed by atoms with E-state index < -0.39 is 5.97 Å². The largest absolute Gasteiger partial charge is 0.455 e.